The fourth-order valence-electron chi connectivity index (χ4n) is 1.42. The smallest absolute Gasteiger partial charge is 0.343 e. The lowest BCUT2D eigenvalue weighted by Gasteiger charge is -2.10. The Morgan fingerprint density at radius 2 is 1.62 bits per heavy atom. The van der Waals surface area contributed by atoms with Gasteiger partial charge in [-0.05, 0) is 24.0 Å². The molecule has 0 unspecified atom stereocenters. The molecule has 0 saturated heterocycles. The van der Waals surface area contributed by atoms with Crippen LogP contribution in [-0.2, 0) is 14.3 Å². The molecule has 0 aromatic rings. The fraction of sp³-hybridized carbons (Fsp3) is 0.455. The second-order valence-electron chi connectivity index (χ2n) is 3.05. The molecule has 16 heavy (non-hydrogen) atoms. The lowest BCUT2D eigenvalue weighted by atomic mass is 9.96. The summed E-state index contributed by atoms with van der Waals surface area (Å²) in [6.45, 7) is 3.52. The van der Waals surface area contributed by atoms with E-state index in [4.69, 9.17) is 14.9 Å². The number of rotatable bonds is 6. The van der Waals surface area contributed by atoms with E-state index in [0.29, 0.717) is 24.0 Å². The van der Waals surface area contributed by atoms with E-state index >= 15 is 0 Å². The highest BCUT2D eigenvalue weighted by Crippen LogP contribution is 2.22. The predicted molar refractivity (Wildman–Crippen MR) is 58.0 cm³/mol. The normalized spacial score (nSPS) is 10.8. The molecule has 0 spiro atoms. The van der Waals surface area contributed by atoms with Crippen LogP contribution in [0.2, 0.25) is 0 Å². The van der Waals surface area contributed by atoms with Crippen LogP contribution in [0.5, 0.6) is 0 Å². The van der Waals surface area contributed by atoms with E-state index in [1.165, 1.54) is 13.4 Å². The van der Waals surface area contributed by atoms with Crippen LogP contribution in [0.1, 0.15) is 26.7 Å². The molecule has 0 rings (SSSR count). The molecule has 0 atom stereocenters. The molecule has 0 aromatic carbocycles. The van der Waals surface area contributed by atoms with Crippen molar-refractivity contribution in [3.05, 3.63) is 23.0 Å². The highest BCUT2D eigenvalue weighted by Gasteiger charge is 2.22. The Balaban J connectivity index is 5.66. The molecule has 0 aliphatic carbocycles. The molecule has 0 aromatic heterocycles. The number of aliphatic carboxylic acids is 2. The molecule has 0 bridgehead atoms. The minimum atomic E-state index is -1.43. The van der Waals surface area contributed by atoms with Gasteiger partial charge in [0.05, 0.1) is 13.4 Å². The molecule has 0 heterocycles. The molecule has 0 aliphatic heterocycles. The van der Waals surface area contributed by atoms with Crippen LogP contribution in [0.4, 0.5) is 0 Å². The van der Waals surface area contributed by atoms with E-state index in [9.17, 15) is 9.59 Å². The first-order chi connectivity index (χ1) is 7.49. The summed E-state index contributed by atoms with van der Waals surface area (Å²) >= 11 is 0. The Morgan fingerprint density at radius 3 is 1.88 bits per heavy atom. The van der Waals surface area contributed by atoms with E-state index in [0.717, 1.165) is 0 Å². The van der Waals surface area contributed by atoms with Crippen molar-refractivity contribution in [3.63, 3.8) is 0 Å². The average Bonchev–Trinajstić information content (AvgIpc) is 2.21. The van der Waals surface area contributed by atoms with Crippen LogP contribution in [0, 0.1) is 0 Å². The molecule has 0 fully saturated rings. The van der Waals surface area contributed by atoms with Gasteiger partial charge in [-0.25, -0.2) is 9.59 Å². The summed E-state index contributed by atoms with van der Waals surface area (Å²) in [5, 5.41) is 17.7. The first-order valence-corrected chi connectivity index (χ1v) is 4.91. The second kappa shape index (κ2) is 6.66. The second-order valence-corrected chi connectivity index (χ2v) is 3.05. The van der Waals surface area contributed by atoms with Crippen LogP contribution in [-0.4, -0.2) is 29.3 Å². The zero-order valence-corrected chi connectivity index (χ0v) is 9.61. The van der Waals surface area contributed by atoms with Gasteiger partial charge in [0, 0.05) is 0 Å². The molecule has 5 nitrogen and oxygen atoms in total. The summed E-state index contributed by atoms with van der Waals surface area (Å²) in [6, 6.07) is 0. The quantitative estimate of drug-likeness (QED) is 0.238. The number of ether oxygens (including phenoxy) is 1. The molecule has 0 saturated carbocycles. The van der Waals surface area contributed by atoms with Gasteiger partial charge >= 0.3 is 11.9 Å². The third-order valence-corrected chi connectivity index (χ3v) is 2.11. The molecule has 5 heteroatoms. The lowest BCUT2D eigenvalue weighted by molar-refractivity contribution is -0.140. The Kier molecular flexibility index (Phi) is 5.92. The van der Waals surface area contributed by atoms with Crippen molar-refractivity contribution >= 4 is 11.9 Å². The van der Waals surface area contributed by atoms with E-state index < -0.39 is 17.5 Å². The first kappa shape index (κ1) is 14.2. The van der Waals surface area contributed by atoms with Crippen LogP contribution in [0.15, 0.2) is 23.0 Å². The van der Waals surface area contributed by atoms with E-state index in [1.807, 2.05) is 6.92 Å². The number of hydrogen-bond acceptors (Lipinski definition) is 3. The zero-order valence-electron chi connectivity index (χ0n) is 9.61. The van der Waals surface area contributed by atoms with Gasteiger partial charge in [-0.1, -0.05) is 13.8 Å². The molecule has 90 valence electrons. The number of carbonyl (C=O) groups is 2. The van der Waals surface area contributed by atoms with Gasteiger partial charge < -0.3 is 14.9 Å². The summed E-state index contributed by atoms with van der Waals surface area (Å²) < 4.78 is 4.81. The molecule has 0 radical (unpaired) electrons. The monoisotopic (exact) mass is 228 g/mol. The maximum absolute atomic E-state index is 10.9. The molecule has 2 N–H and O–H groups in total. The predicted octanol–water partition coefficient (Wildman–Crippen LogP) is 1.80. The zero-order chi connectivity index (χ0) is 12.7. The molecular weight excluding hydrogens is 212 g/mol. The minimum Gasteiger partial charge on any atom is -0.504 e. The summed E-state index contributed by atoms with van der Waals surface area (Å²) in [5.74, 6) is -2.86. The number of carboxylic acid groups (broad SMARTS) is 2. The topological polar surface area (TPSA) is 83.8 Å². The Hall–Kier alpha value is -1.78. The Morgan fingerprint density at radius 1 is 1.12 bits per heavy atom. The SMILES string of the molecule is CCC(=COC)C(CC)=C(C(=O)O)C(=O)O. The highest BCUT2D eigenvalue weighted by atomic mass is 16.5. The van der Waals surface area contributed by atoms with Crippen molar-refractivity contribution in [1.82, 2.24) is 0 Å². The van der Waals surface area contributed by atoms with E-state index in [2.05, 4.69) is 0 Å². The third kappa shape index (κ3) is 3.42. The largest absolute Gasteiger partial charge is 0.504 e. The van der Waals surface area contributed by atoms with Crippen molar-refractivity contribution in [2.45, 2.75) is 26.7 Å². The summed E-state index contributed by atoms with van der Waals surface area (Å²) in [4.78, 5) is 21.7. The Bertz CT molecular complexity index is 322. The average molecular weight is 228 g/mol. The molecular formula is C11H16O5. The van der Waals surface area contributed by atoms with Crippen molar-refractivity contribution in [2.75, 3.05) is 7.11 Å². The van der Waals surface area contributed by atoms with Gasteiger partial charge in [-0.3, -0.25) is 0 Å². The van der Waals surface area contributed by atoms with Crippen LogP contribution < -0.4 is 0 Å². The third-order valence-electron chi connectivity index (χ3n) is 2.11. The summed E-state index contributed by atoms with van der Waals surface area (Å²) in [7, 11) is 1.43. The van der Waals surface area contributed by atoms with Crippen LogP contribution in [0.25, 0.3) is 0 Å². The highest BCUT2D eigenvalue weighted by molar-refractivity contribution is 6.13. The first-order valence-electron chi connectivity index (χ1n) is 4.91. The Labute approximate surface area is 94.0 Å². The van der Waals surface area contributed by atoms with Gasteiger partial charge in [-0.2, -0.15) is 0 Å². The van der Waals surface area contributed by atoms with Gasteiger partial charge in [0.2, 0.25) is 0 Å². The number of hydrogen-bond donors (Lipinski definition) is 2. The fourth-order valence-corrected chi connectivity index (χ4v) is 1.42. The number of allylic oxidation sites excluding steroid dienone is 2. The van der Waals surface area contributed by atoms with Gasteiger partial charge in [0.25, 0.3) is 0 Å². The van der Waals surface area contributed by atoms with E-state index in [-0.39, 0.29) is 0 Å². The maximum atomic E-state index is 10.9. The molecule has 0 amide bonds. The minimum absolute atomic E-state index is 0.296. The maximum Gasteiger partial charge on any atom is 0.343 e. The number of methoxy groups -OCH3 is 1. The van der Waals surface area contributed by atoms with Crippen molar-refractivity contribution in [3.8, 4) is 0 Å². The van der Waals surface area contributed by atoms with E-state index in [1.54, 1.807) is 6.92 Å². The summed E-state index contributed by atoms with van der Waals surface area (Å²) in [5.41, 5.74) is 0.293. The van der Waals surface area contributed by atoms with Gasteiger partial charge in [-0.15, -0.1) is 0 Å². The standard InChI is InChI=1S/C11H16O5/c1-4-7(6-16-3)8(5-2)9(10(12)13)11(14)15/h6H,4-5H2,1-3H3,(H,12,13)(H,14,15). The number of carboxylic acids is 2. The van der Waals surface area contributed by atoms with Gasteiger partial charge in [0.15, 0.2) is 0 Å². The van der Waals surface area contributed by atoms with Crippen LogP contribution >= 0.6 is 0 Å². The molecule has 0 aliphatic rings. The van der Waals surface area contributed by atoms with Crippen molar-refractivity contribution in [2.24, 2.45) is 0 Å². The summed E-state index contributed by atoms with van der Waals surface area (Å²) in [6.07, 6.45) is 2.22. The van der Waals surface area contributed by atoms with Gasteiger partial charge in [0.1, 0.15) is 5.57 Å². The van der Waals surface area contributed by atoms with Crippen molar-refractivity contribution in [1.29, 1.82) is 0 Å². The van der Waals surface area contributed by atoms with Crippen molar-refractivity contribution < 1.29 is 24.5 Å². The lowest BCUT2D eigenvalue weighted by Crippen LogP contribution is -2.15. The van der Waals surface area contributed by atoms with Crippen LogP contribution in [0.3, 0.4) is 0 Å².